The van der Waals surface area contributed by atoms with E-state index in [1.165, 1.54) is 6.20 Å². The minimum atomic E-state index is -0.460. The molecule has 3 heterocycles. The van der Waals surface area contributed by atoms with Gasteiger partial charge in [0.25, 0.3) is 0 Å². The molecule has 3 aromatic rings. The smallest absolute Gasteiger partial charge is 0.229 e. The summed E-state index contributed by atoms with van der Waals surface area (Å²) in [5.41, 5.74) is 2.66. The van der Waals surface area contributed by atoms with Crippen LogP contribution in [-0.2, 0) is 0 Å². The second-order valence-corrected chi connectivity index (χ2v) is 10.3. The number of nitrogens with one attached hydrogen (secondary N) is 2. The average molecular weight is 469 g/mol. The van der Waals surface area contributed by atoms with Crippen molar-refractivity contribution in [3.8, 4) is 11.1 Å². The van der Waals surface area contributed by atoms with Crippen molar-refractivity contribution in [2.45, 2.75) is 57.7 Å². The van der Waals surface area contributed by atoms with E-state index in [0.717, 1.165) is 29.7 Å². The van der Waals surface area contributed by atoms with Crippen molar-refractivity contribution in [1.82, 2.24) is 19.9 Å². The van der Waals surface area contributed by atoms with Crippen LogP contribution in [0.4, 0.5) is 21.8 Å². The topological polar surface area (TPSA) is 66.0 Å². The maximum atomic E-state index is 14.6. The van der Waals surface area contributed by atoms with Crippen LogP contribution >= 0.6 is 11.6 Å². The van der Waals surface area contributed by atoms with Crippen molar-refractivity contribution in [2.75, 3.05) is 17.7 Å². The molecule has 1 aromatic carbocycles. The van der Waals surface area contributed by atoms with Gasteiger partial charge in [0.1, 0.15) is 0 Å². The van der Waals surface area contributed by atoms with Gasteiger partial charge in [0.2, 0.25) is 5.95 Å². The number of anilines is 3. The molecule has 0 saturated carbocycles. The summed E-state index contributed by atoms with van der Waals surface area (Å²) in [6, 6.07) is 9.70. The van der Waals surface area contributed by atoms with E-state index in [0.29, 0.717) is 11.0 Å². The zero-order chi connectivity index (χ0) is 23.8. The van der Waals surface area contributed by atoms with E-state index in [1.807, 2.05) is 30.3 Å². The summed E-state index contributed by atoms with van der Waals surface area (Å²) in [6.45, 7) is 8.87. The summed E-state index contributed by atoms with van der Waals surface area (Å²) in [6.07, 6.45) is 6.31. The maximum absolute atomic E-state index is 14.6. The number of pyridine rings is 1. The van der Waals surface area contributed by atoms with Crippen LogP contribution in [-0.4, -0.2) is 44.0 Å². The van der Waals surface area contributed by atoms with E-state index in [1.54, 1.807) is 12.4 Å². The molecule has 1 saturated heterocycles. The van der Waals surface area contributed by atoms with E-state index in [-0.39, 0.29) is 22.9 Å². The highest BCUT2D eigenvalue weighted by Gasteiger charge is 2.43. The lowest BCUT2D eigenvalue weighted by atomic mass is 9.77. The molecule has 2 aromatic heterocycles. The molecule has 0 aliphatic carbocycles. The van der Waals surface area contributed by atoms with E-state index >= 15 is 0 Å². The van der Waals surface area contributed by atoms with Crippen LogP contribution in [0.25, 0.3) is 11.1 Å². The molecule has 0 amide bonds. The molecule has 2 N–H and O–H groups in total. The molecular formula is C25H30ClFN6. The van der Waals surface area contributed by atoms with Gasteiger partial charge in [-0.3, -0.25) is 9.88 Å². The number of piperidine rings is 1. The van der Waals surface area contributed by atoms with Crippen LogP contribution in [0.1, 0.15) is 40.5 Å². The van der Waals surface area contributed by atoms with E-state index in [4.69, 9.17) is 11.6 Å². The van der Waals surface area contributed by atoms with Crippen LogP contribution < -0.4 is 10.6 Å². The molecule has 0 radical (unpaired) electrons. The minimum absolute atomic E-state index is 0.0105. The summed E-state index contributed by atoms with van der Waals surface area (Å²) >= 11 is 6.24. The number of rotatable bonds is 5. The highest BCUT2D eigenvalue weighted by Crippen LogP contribution is 2.38. The number of hydrogen-bond acceptors (Lipinski definition) is 6. The highest BCUT2D eigenvalue weighted by atomic mass is 35.5. The van der Waals surface area contributed by atoms with Crippen LogP contribution in [0.2, 0.25) is 5.02 Å². The SMILES string of the molecule is CN1C(C)(C)CC(Nc2nc(Nc3ccc(-c4ccncc4Cl)cc3)ncc2F)CC1(C)C. The van der Waals surface area contributed by atoms with Crippen LogP contribution in [0.3, 0.4) is 0 Å². The van der Waals surface area contributed by atoms with Crippen LogP contribution in [0, 0.1) is 5.82 Å². The molecule has 4 rings (SSSR count). The van der Waals surface area contributed by atoms with Crippen molar-refractivity contribution in [1.29, 1.82) is 0 Å². The Kier molecular flexibility index (Phi) is 6.29. The zero-order valence-electron chi connectivity index (χ0n) is 19.7. The van der Waals surface area contributed by atoms with Crippen molar-refractivity contribution in [3.63, 3.8) is 0 Å². The largest absolute Gasteiger partial charge is 0.365 e. The lowest BCUT2D eigenvalue weighted by molar-refractivity contribution is -0.00778. The van der Waals surface area contributed by atoms with Gasteiger partial charge in [0.05, 0.1) is 11.2 Å². The maximum Gasteiger partial charge on any atom is 0.229 e. The van der Waals surface area contributed by atoms with Crippen molar-refractivity contribution in [3.05, 3.63) is 59.8 Å². The third-order valence-electron chi connectivity index (χ3n) is 6.62. The van der Waals surface area contributed by atoms with Gasteiger partial charge in [-0.2, -0.15) is 4.98 Å². The Balaban J connectivity index is 1.49. The lowest BCUT2D eigenvalue weighted by Crippen LogP contribution is -2.61. The Morgan fingerprint density at radius 2 is 1.70 bits per heavy atom. The second-order valence-electron chi connectivity index (χ2n) is 9.88. The van der Waals surface area contributed by atoms with Gasteiger partial charge >= 0.3 is 0 Å². The number of aromatic nitrogens is 3. The molecule has 33 heavy (non-hydrogen) atoms. The Labute approximate surface area is 199 Å². The zero-order valence-corrected chi connectivity index (χ0v) is 20.4. The molecule has 1 aliphatic rings. The van der Waals surface area contributed by atoms with Gasteiger partial charge in [-0.1, -0.05) is 23.7 Å². The fraction of sp³-hybridized carbons (Fsp3) is 0.400. The van der Waals surface area contributed by atoms with Gasteiger partial charge in [-0.05, 0) is 71.3 Å². The van der Waals surface area contributed by atoms with Gasteiger partial charge in [0.15, 0.2) is 11.6 Å². The van der Waals surface area contributed by atoms with Crippen molar-refractivity contribution in [2.24, 2.45) is 0 Å². The number of halogens is 2. The van der Waals surface area contributed by atoms with E-state index < -0.39 is 5.82 Å². The number of hydrogen-bond donors (Lipinski definition) is 2. The van der Waals surface area contributed by atoms with Crippen molar-refractivity contribution < 1.29 is 4.39 Å². The first kappa shape index (κ1) is 23.4. The molecule has 0 unspecified atom stereocenters. The standard InChI is InChI=1S/C25H30ClFN6/c1-24(2)12-18(13-25(3,4)33(24)5)30-22-21(27)15-29-23(32-22)31-17-8-6-16(7-9-17)19-10-11-28-14-20(19)26/h6-11,14-15,18H,12-13H2,1-5H3,(H2,29,30,31,32). The Hall–Kier alpha value is -2.77. The number of benzene rings is 1. The highest BCUT2D eigenvalue weighted by molar-refractivity contribution is 6.33. The molecule has 174 valence electrons. The first-order valence-electron chi connectivity index (χ1n) is 11.1. The Morgan fingerprint density at radius 1 is 1.03 bits per heavy atom. The fourth-order valence-corrected chi connectivity index (χ4v) is 4.90. The van der Waals surface area contributed by atoms with E-state index in [2.05, 4.69) is 65.2 Å². The third-order valence-corrected chi connectivity index (χ3v) is 6.92. The molecule has 6 nitrogen and oxygen atoms in total. The van der Waals surface area contributed by atoms with Crippen LogP contribution in [0.15, 0.2) is 48.9 Å². The summed E-state index contributed by atoms with van der Waals surface area (Å²) in [5, 5.41) is 7.08. The lowest BCUT2D eigenvalue weighted by Gasteiger charge is -2.53. The van der Waals surface area contributed by atoms with Crippen molar-refractivity contribution >= 4 is 29.1 Å². The average Bonchev–Trinajstić information content (AvgIpc) is 2.75. The summed E-state index contributed by atoms with van der Waals surface area (Å²) in [5.74, 6) is 0.0895. The van der Waals surface area contributed by atoms with E-state index in [9.17, 15) is 4.39 Å². The van der Waals surface area contributed by atoms with Gasteiger partial charge in [-0.15, -0.1) is 0 Å². The Bertz CT molecular complexity index is 1110. The fourth-order valence-electron chi connectivity index (χ4n) is 4.67. The number of likely N-dealkylation sites (tertiary alicyclic amines) is 1. The predicted molar refractivity (Wildman–Crippen MR) is 133 cm³/mol. The van der Waals surface area contributed by atoms with Crippen LogP contribution in [0.5, 0.6) is 0 Å². The first-order chi connectivity index (χ1) is 15.5. The van der Waals surface area contributed by atoms with Gasteiger partial charge in [-0.25, -0.2) is 9.37 Å². The monoisotopic (exact) mass is 468 g/mol. The van der Waals surface area contributed by atoms with Gasteiger partial charge < -0.3 is 10.6 Å². The van der Waals surface area contributed by atoms with Gasteiger partial charge in [0, 0.05) is 40.8 Å². The minimum Gasteiger partial charge on any atom is -0.365 e. The summed E-state index contributed by atoms with van der Waals surface area (Å²) in [4.78, 5) is 14.9. The first-order valence-corrected chi connectivity index (χ1v) is 11.4. The molecule has 0 bridgehead atoms. The predicted octanol–water partition coefficient (Wildman–Crippen LogP) is 6.14. The molecule has 0 spiro atoms. The normalized spacial score (nSPS) is 18.2. The third kappa shape index (κ3) is 5.09. The molecule has 1 fully saturated rings. The summed E-state index contributed by atoms with van der Waals surface area (Å²) in [7, 11) is 2.15. The molecular weight excluding hydrogens is 439 g/mol. The quantitative estimate of drug-likeness (QED) is 0.469. The number of nitrogens with zero attached hydrogens (tertiary/aromatic N) is 4. The molecule has 0 atom stereocenters. The summed E-state index contributed by atoms with van der Waals surface area (Å²) < 4.78 is 14.6. The second kappa shape index (κ2) is 8.88. The molecule has 8 heteroatoms. The Morgan fingerprint density at radius 3 is 2.33 bits per heavy atom. The molecule has 1 aliphatic heterocycles.